The van der Waals surface area contributed by atoms with Crippen molar-refractivity contribution in [2.45, 2.75) is 58.3 Å². The first kappa shape index (κ1) is 16.6. The molecule has 0 bridgehead atoms. The van der Waals surface area contributed by atoms with Crippen LogP contribution in [-0.2, 0) is 22.5 Å². The summed E-state index contributed by atoms with van der Waals surface area (Å²) in [5.41, 5.74) is 3.13. The minimum Gasteiger partial charge on any atom is -0.444 e. The predicted octanol–water partition coefficient (Wildman–Crippen LogP) is 4.48. The zero-order valence-electron chi connectivity index (χ0n) is 14.0. The van der Waals surface area contributed by atoms with Crippen molar-refractivity contribution in [3.63, 3.8) is 0 Å². The van der Waals surface area contributed by atoms with Gasteiger partial charge in [-0.05, 0) is 68.9 Å². The lowest BCUT2D eigenvalue weighted by atomic mass is 9.91. The number of halogens is 1. The summed E-state index contributed by atoms with van der Waals surface area (Å²) >= 11 is 6.30. The topological polar surface area (TPSA) is 38.8 Å². The molecule has 0 saturated carbocycles. The molecule has 2 heterocycles. The van der Waals surface area contributed by atoms with Crippen molar-refractivity contribution >= 4 is 17.7 Å². The SMILES string of the molecule is CC(C)(C)OC(=O)N1CCC[C@H]1c1cc(Cl)cc2c1CCOC2. The van der Waals surface area contributed by atoms with Crippen molar-refractivity contribution in [3.05, 3.63) is 33.8 Å². The van der Waals surface area contributed by atoms with Crippen molar-refractivity contribution < 1.29 is 14.3 Å². The van der Waals surface area contributed by atoms with Crippen LogP contribution in [0.1, 0.15) is 56.3 Å². The smallest absolute Gasteiger partial charge is 0.410 e. The molecule has 1 aromatic carbocycles. The van der Waals surface area contributed by atoms with Crippen molar-refractivity contribution in [3.8, 4) is 0 Å². The molecule has 5 heteroatoms. The number of benzene rings is 1. The van der Waals surface area contributed by atoms with E-state index >= 15 is 0 Å². The lowest BCUT2D eigenvalue weighted by molar-refractivity contribution is 0.0223. The zero-order valence-corrected chi connectivity index (χ0v) is 14.8. The average Bonchev–Trinajstić information content (AvgIpc) is 2.93. The van der Waals surface area contributed by atoms with Crippen LogP contribution < -0.4 is 0 Å². The van der Waals surface area contributed by atoms with Gasteiger partial charge in [0.25, 0.3) is 0 Å². The molecule has 126 valence electrons. The Balaban J connectivity index is 1.91. The van der Waals surface area contributed by atoms with E-state index in [4.69, 9.17) is 21.1 Å². The van der Waals surface area contributed by atoms with Crippen molar-refractivity contribution in [1.82, 2.24) is 4.90 Å². The highest BCUT2D eigenvalue weighted by molar-refractivity contribution is 6.30. The quantitative estimate of drug-likeness (QED) is 0.758. The number of rotatable bonds is 1. The van der Waals surface area contributed by atoms with Crippen LogP contribution in [0.4, 0.5) is 4.79 Å². The van der Waals surface area contributed by atoms with Gasteiger partial charge in [-0.1, -0.05) is 11.6 Å². The van der Waals surface area contributed by atoms with E-state index in [0.717, 1.165) is 38.0 Å². The molecule has 3 rings (SSSR count). The summed E-state index contributed by atoms with van der Waals surface area (Å²) in [6, 6.07) is 4.04. The van der Waals surface area contributed by atoms with Crippen molar-refractivity contribution in [2.24, 2.45) is 0 Å². The summed E-state index contributed by atoms with van der Waals surface area (Å²) in [5, 5.41) is 0.709. The molecule has 0 aliphatic carbocycles. The van der Waals surface area contributed by atoms with E-state index in [-0.39, 0.29) is 12.1 Å². The summed E-state index contributed by atoms with van der Waals surface area (Å²) in [6.07, 6.45) is 2.58. The largest absolute Gasteiger partial charge is 0.444 e. The molecule has 4 nitrogen and oxygen atoms in total. The third-order valence-corrected chi connectivity index (χ3v) is 4.55. The first-order valence-electron chi connectivity index (χ1n) is 8.24. The third kappa shape index (κ3) is 3.64. The molecule has 2 aliphatic rings. The minimum absolute atomic E-state index is 0.0513. The molecule has 1 aromatic rings. The van der Waals surface area contributed by atoms with Crippen LogP contribution in [0.25, 0.3) is 0 Å². The number of carbonyl (C=O) groups is 1. The van der Waals surface area contributed by atoms with Gasteiger partial charge in [0, 0.05) is 11.6 Å². The van der Waals surface area contributed by atoms with Crippen LogP contribution >= 0.6 is 11.6 Å². The zero-order chi connectivity index (χ0) is 16.6. The van der Waals surface area contributed by atoms with E-state index in [1.54, 1.807) is 0 Å². The lowest BCUT2D eigenvalue weighted by Gasteiger charge is -2.31. The average molecular weight is 338 g/mol. The Labute approximate surface area is 142 Å². The molecule has 1 saturated heterocycles. The maximum Gasteiger partial charge on any atom is 0.410 e. The summed E-state index contributed by atoms with van der Waals surface area (Å²) in [7, 11) is 0. The van der Waals surface area contributed by atoms with Gasteiger partial charge in [0.1, 0.15) is 5.60 Å². The number of hydrogen-bond acceptors (Lipinski definition) is 3. The fourth-order valence-corrected chi connectivity index (χ4v) is 3.68. The lowest BCUT2D eigenvalue weighted by Crippen LogP contribution is -2.36. The summed E-state index contributed by atoms with van der Waals surface area (Å²) in [5.74, 6) is 0. The fourth-order valence-electron chi connectivity index (χ4n) is 3.43. The van der Waals surface area contributed by atoms with Crippen LogP contribution in [0.2, 0.25) is 5.02 Å². The third-order valence-electron chi connectivity index (χ3n) is 4.34. The normalized spacial score (nSPS) is 21.2. The van der Waals surface area contributed by atoms with Gasteiger partial charge in [-0.3, -0.25) is 0 Å². The van der Waals surface area contributed by atoms with E-state index in [2.05, 4.69) is 0 Å². The molecule has 0 unspecified atom stereocenters. The molecular weight excluding hydrogens is 314 g/mol. The van der Waals surface area contributed by atoms with Gasteiger partial charge in [-0.2, -0.15) is 0 Å². The van der Waals surface area contributed by atoms with Crippen molar-refractivity contribution in [2.75, 3.05) is 13.2 Å². The maximum absolute atomic E-state index is 12.5. The molecule has 0 spiro atoms. The Morgan fingerprint density at radius 2 is 2.17 bits per heavy atom. The molecule has 23 heavy (non-hydrogen) atoms. The number of amides is 1. The highest BCUT2D eigenvalue weighted by Crippen LogP contribution is 2.38. The Morgan fingerprint density at radius 3 is 2.91 bits per heavy atom. The highest BCUT2D eigenvalue weighted by atomic mass is 35.5. The molecule has 1 atom stereocenters. The maximum atomic E-state index is 12.5. The van der Waals surface area contributed by atoms with Crippen molar-refractivity contribution in [1.29, 1.82) is 0 Å². The Hall–Kier alpha value is -1.26. The Bertz CT molecular complexity index is 609. The number of nitrogens with zero attached hydrogens (tertiary/aromatic N) is 1. The van der Waals surface area contributed by atoms with Crippen LogP contribution in [0.15, 0.2) is 12.1 Å². The van der Waals surface area contributed by atoms with E-state index in [1.165, 1.54) is 11.1 Å². The summed E-state index contributed by atoms with van der Waals surface area (Å²) in [6.45, 7) is 7.75. The number of carbonyl (C=O) groups excluding carboxylic acids is 1. The highest BCUT2D eigenvalue weighted by Gasteiger charge is 2.35. The first-order chi connectivity index (χ1) is 10.8. The first-order valence-corrected chi connectivity index (χ1v) is 8.61. The van der Waals surface area contributed by atoms with Crippen LogP contribution in [0.5, 0.6) is 0 Å². The van der Waals surface area contributed by atoms with E-state index in [9.17, 15) is 4.79 Å². The second kappa shape index (κ2) is 6.33. The van der Waals surface area contributed by atoms with Gasteiger partial charge in [-0.25, -0.2) is 4.79 Å². The molecule has 1 amide bonds. The van der Waals surface area contributed by atoms with Crippen LogP contribution in [0, 0.1) is 0 Å². The molecule has 2 aliphatic heterocycles. The number of hydrogen-bond donors (Lipinski definition) is 0. The van der Waals surface area contributed by atoms with Gasteiger partial charge >= 0.3 is 6.09 Å². The van der Waals surface area contributed by atoms with Gasteiger partial charge in [0.15, 0.2) is 0 Å². The van der Waals surface area contributed by atoms with E-state index in [0.29, 0.717) is 11.6 Å². The molecule has 0 aromatic heterocycles. The van der Waals surface area contributed by atoms with E-state index < -0.39 is 5.60 Å². The Kier molecular flexibility index (Phi) is 4.56. The summed E-state index contributed by atoms with van der Waals surface area (Å²) in [4.78, 5) is 14.4. The molecular formula is C18H24ClNO3. The van der Waals surface area contributed by atoms with Gasteiger partial charge in [-0.15, -0.1) is 0 Å². The number of ether oxygens (including phenoxy) is 2. The molecule has 1 fully saturated rings. The van der Waals surface area contributed by atoms with Gasteiger partial charge in [0.05, 0.1) is 19.3 Å². The Morgan fingerprint density at radius 1 is 1.39 bits per heavy atom. The second-order valence-electron chi connectivity index (χ2n) is 7.27. The molecule has 0 radical (unpaired) electrons. The minimum atomic E-state index is -0.480. The summed E-state index contributed by atoms with van der Waals surface area (Å²) < 4.78 is 11.1. The predicted molar refractivity (Wildman–Crippen MR) is 89.7 cm³/mol. The molecule has 0 N–H and O–H groups in total. The van der Waals surface area contributed by atoms with E-state index in [1.807, 2.05) is 37.8 Å². The number of likely N-dealkylation sites (tertiary alicyclic amines) is 1. The second-order valence-corrected chi connectivity index (χ2v) is 7.70. The van der Waals surface area contributed by atoms with Gasteiger partial charge in [0.2, 0.25) is 0 Å². The standard InChI is InChI=1S/C18H24ClNO3/c1-18(2,3)23-17(21)20-7-4-5-16(20)15-10-13(19)9-12-11-22-8-6-14(12)15/h9-10,16H,4-8,11H2,1-3H3/t16-/m0/s1. The fraction of sp³-hybridized carbons (Fsp3) is 0.611. The number of fused-ring (bicyclic) bond motifs is 1. The van der Waals surface area contributed by atoms with Crippen LogP contribution in [0.3, 0.4) is 0 Å². The monoisotopic (exact) mass is 337 g/mol. The van der Waals surface area contributed by atoms with Gasteiger partial charge < -0.3 is 14.4 Å². The van der Waals surface area contributed by atoms with Crippen LogP contribution in [-0.4, -0.2) is 29.7 Å².